The number of aromatic nitrogens is 1. The van der Waals surface area contributed by atoms with Gasteiger partial charge >= 0.3 is 0 Å². The lowest BCUT2D eigenvalue weighted by Gasteiger charge is -2.23. The highest BCUT2D eigenvalue weighted by atomic mass is 35.5. The Kier molecular flexibility index (Phi) is 5.38. The van der Waals surface area contributed by atoms with Crippen LogP contribution in [0, 0.1) is 0 Å². The molecule has 1 aromatic heterocycles. The first kappa shape index (κ1) is 14.8. The van der Waals surface area contributed by atoms with E-state index in [-0.39, 0.29) is 12.0 Å². The number of ether oxygens (including phenoxy) is 2. The van der Waals surface area contributed by atoms with Crippen LogP contribution in [0.3, 0.4) is 0 Å². The first-order valence-electron chi connectivity index (χ1n) is 6.49. The molecule has 0 atom stereocenters. The van der Waals surface area contributed by atoms with Crippen molar-refractivity contribution in [1.82, 2.24) is 10.3 Å². The zero-order valence-corrected chi connectivity index (χ0v) is 11.9. The number of pyridine rings is 1. The summed E-state index contributed by atoms with van der Waals surface area (Å²) in [5, 5.41) is 3.00. The number of nitrogens with one attached hydrogen (secondary N) is 1. The van der Waals surface area contributed by atoms with Crippen molar-refractivity contribution >= 4 is 17.5 Å². The summed E-state index contributed by atoms with van der Waals surface area (Å²) in [6.45, 7) is 5.31. The number of rotatable bonds is 5. The van der Waals surface area contributed by atoms with E-state index in [4.69, 9.17) is 21.1 Å². The Balaban J connectivity index is 2.01. The predicted octanol–water partition coefficient (Wildman–Crippen LogP) is 2.21. The van der Waals surface area contributed by atoms with Crippen LogP contribution in [-0.2, 0) is 4.74 Å². The van der Waals surface area contributed by atoms with Crippen molar-refractivity contribution in [2.24, 2.45) is 0 Å². The molecule has 0 aliphatic carbocycles. The van der Waals surface area contributed by atoms with E-state index in [1.165, 1.54) is 6.20 Å². The van der Waals surface area contributed by atoms with Gasteiger partial charge in [0.1, 0.15) is 11.1 Å². The molecule has 0 unspecified atom stereocenters. The molecule has 0 radical (unpaired) electrons. The maximum Gasteiger partial charge on any atom is 0.253 e. The molecule has 20 heavy (non-hydrogen) atoms. The quantitative estimate of drug-likeness (QED) is 0.846. The Morgan fingerprint density at radius 3 is 3.00 bits per heavy atom. The molecule has 1 aromatic rings. The van der Waals surface area contributed by atoms with Crippen LogP contribution >= 0.6 is 11.6 Å². The number of amides is 1. The van der Waals surface area contributed by atoms with Gasteiger partial charge in [0, 0.05) is 25.6 Å². The molecule has 6 heteroatoms. The highest BCUT2D eigenvalue weighted by Crippen LogP contribution is 2.25. The number of nitrogens with zero attached hydrogens (tertiary/aromatic N) is 1. The van der Waals surface area contributed by atoms with Crippen molar-refractivity contribution in [2.45, 2.75) is 18.9 Å². The topological polar surface area (TPSA) is 60.5 Å². The Hall–Kier alpha value is -1.59. The van der Waals surface area contributed by atoms with E-state index < -0.39 is 0 Å². The standard InChI is InChI=1S/C14H17ClN2O3/c1-2-5-16-13(18)10-8-12(15)14(17-9-10)20-11-3-6-19-7-4-11/h2,8-9,11H,1,3-7H2,(H,16,18). The van der Waals surface area contributed by atoms with Gasteiger partial charge in [0.15, 0.2) is 0 Å². The minimum absolute atomic E-state index is 0.0641. The molecular weight excluding hydrogens is 280 g/mol. The minimum Gasteiger partial charge on any atom is -0.473 e. The highest BCUT2D eigenvalue weighted by Gasteiger charge is 2.18. The third-order valence-electron chi connectivity index (χ3n) is 2.92. The van der Waals surface area contributed by atoms with E-state index >= 15 is 0 Å². The second-order valence-electron chi connectivity index (χ2n) is 4.44. The first-order chi connectivity index (χ1) is 9.70. The molecule has 2 heterocycles. The Bertz CT molecular complexity index is 487. The largest absolute Gasteiger partial charge is 0.473 e. The summed E-state index contributed by atoms with van der Waals surface area (Å²) in [6.07, 6.45) is 4.77. The number of carbonyl (C=O) groups is 1. The van der Waals surface area contributed by atoms with Gasteiger partial charge in [-0.15, -0.1) is 6.58 Å². The van der Waals surface area contributed by atoms with Crippen LogP contribution in [0.1, 0.15) is 23.2 Å². The van der Waals surface area contributed by atoms with Crippen molar-refractivity contribution in [3.63, 3.8) is 0 Å². The molecule has 0 spiro atoms. The van der Waals surface area contributed by atoms with Gasteiger partial charge in [0.25, 0.3) is 5.91 Å². The van der Waals surface area contributed by atoms with E-state index in [1.807, 2.05) is 0 Å². The monoisotopic (exact) mass is 296 g/mol. The molecule has 108 valence electrons. The zero-order chi connectivity index (χ0) is 14.4. The Morgan fingerprint density at radius 1 is 1.60 bits per heavy atom. The van der Waals surface area contributed by atoms with Crippen molar-refractivity contribution in [2.75, 3.05) is 19.8 Å². The van der Waals surface area contributed by atoms with Gasteiger partial charge < -0.3 is 14.8 Å². The summed E-state index contributed by atoms with van der Waals surface area (Å²) >= 11 is 6.11. The summed E-state index contributed by atoms with van der Waals surface area (Å²) in [6, 6.07) is 1.56. The molecule has 1 amide bonds. The number of hydrogen-bond donors (Lipinski definition) is 1. The van der Waals surface area contributed by atoms with E-state index in [0.29, 0.717) is 36.2 Å². The smallest absolute Gasteiger partial charge is 0.253 e. The molecule has 1 aliphatic rings. The SMILES string of the molecule is C=CCNC(=O)c1cnc(OC2CCOCC2)c(Cl)c1. The molecule has 2 rings (SSSR count). The minimum atomic E-state index is -0.239. The molecule has 5 nitrogen and oxygen atoms in total. The van der Waals surface area contributed by atoms with Crippen LogP contribution < -0.4 is 10.1 Å². The lowest BCUT2D eigenvalue weighted by Crippen LogP contribution is -2.26. The maximum atomic E-state index is 11.7. The van der Waals surface area contributed by atoms with Crippen molar-refractivity contribution in [3.05, 3.63) is 35.5 Å². The maximum absolute atomic E-state index is 11.7. The molecule has 0 bridgehead atoms. The van der Waals surface area contributed by atoms with Crippen LogP contribution in [-0.4, -0.2) is 36.8 Å². The fraction of sp³-hybridized carbons (Fsp3) is 0.429. The van der Waals surface area contributed by atoms with Gasteiger partial charge in [0.05, 0.1) is 18.8 Å². The first-order valence-corrected chi connectivity index (χ1v) is 6.87. The normalized spacial score (nSPS) is 15.7. The predicted molar refractivity (Wildman–Crippen MR) is 76.2 cm³/mol. The summed E-state index contributed by atoms with van der Waals surface area (Å²) in [5.74, 6) is 0.121. The van der Waals surface area contributed by atoms with E-state index in [0.717, 1.165) is 12.8 Å². The van der Waals surface area contributed by atoms with Gasteiger partial charge in [-0.3, -0.25) is 4.79 Å². The molecular formula is C14H17ClN2O3. The van der Waals surface area contributed by atoms with Crippen LogP contribution in [0.25, 0.3) is 0 Å². The fourth-order valence-electron chi connectivity index (χ4n) is 1.85. The number of hydrogen-bond acceptors (Lipinski definition) is 4. The van der Waals surface area contributed by atoms with Crippen molar-refractivity contribution in [3.8, 4) is 5.88 Å². The zero-order valence-electron chi connectivity index (χ0n) is 11.1. The van der Waals surface area contributed by atoms with Crippen molar-refractivity contribution < 1.29 is 14.3 Å². The molecule has 0 saturated carbocycles. The van der Waals surface area contributed by atoms with Gasteiger partial charge in [-0.25, -0.2) is 4.98 Å². The molecule has 1 saturated heterocycles. The lowest BCUT2D eigenvalue weighted by molar-refractivity contribution is 0.0238. The van der Waals surface area contributed by atoms with E-state index in [2.05, 4.69) is 16.9 Å². The third-order valence-corrected chi connectivity index (χ3v) is 3.19. The Labute approximate surface area is 122 Å². The lowest BCUT2D eigenvalue weighted by atomic mass is 10.1. The second kappa shape index (κ2) is 7.26. The van der Waals surface area contributed by atoms with Crippen LogP contribution in [0.15, 0.2) is 24.9 Å². The van der Waals surface area contributed by atoms with Gasteiger partial charge in [-0.2, -0.15) is 0 Å². The molecule has 1 N–H and O–H groups in total. The van der Waals surface area contributed by atoms with Gasteiger partial charge in [-0.1, -0.05) is 17.7 Å². The molecule has 0 aromatic carbocycles. The van der Waals surface area contributed by atoms with E-state index in [9.17, 15) is 4.79 Å². The van der Waals surface area contributed by atoms with Crippen molar-refractivity contribution in [1.29, 1.82) is 0 Å². The molecule has 1 fully saturated rings. The second-order valence-corrected chi connectivity index (χ2v) is 4.85. The number of halogens is 1. The molecule has 1 aliphatic heterocycles. The van der Waals surface area contributed by atoms with Crippen LogP contribution in [0.2, 0.25) is 5.02 Å². The summed E-state index contributed by atoms with van der Waals surface area (Å²) in [5.41, 5.74) is 0.399. The third kappa shape index (κ3) is 3.95. The average molecular weight is 297 g/mol. The average Bonchev–Trinajstić information content (AvgIpc) is 2.48. The summed E-state index contributed by atoms with van der Waals surface area (Å²) in [4.78, 5) is 15.9. The fourth-order valence-corrected chi connectivity index (χ4v) is 2.07. The number of carbonyl (C=O) groups excluding carboxylic acids is 1. The summed E-state index contributed by atoms with van der Waals surface area (Å²) in [7, 11) is 0. The van der Waals surface area contributed by atoms with Crippen LogP contribution in [0.4, 0.5) is 0 Å². The van der Waals surface area contributed by atoms with Gasteiger partial charge in [0.2, 0.25) is 5.88 Å². The van der Waals surface area contributed by atoms with Gasteiger partial charge in [-0.05, 0) is 6.07 Å². The Morgan fingerprint density at radius 2 is 2.35 bits per heavy atom. The highest BCUT2D eigenvalue weighted by molar-refractivity contribution is 6.32. The summed E-state index contributed by atoms with van der Waals surface area (Å²) < 4.78 is 11.0. The van der Waals surface area contributed by atoms with E-state index in [1.54, 1.807) is 12.1 Å². The van der Waals surface area contributed by atoms with Crippen LogP contribution in [0.5, 0.6) is 5.88 Å².